The predicted molar refractivity (Wildman–Crippen MR) is 122 cm³/mol. The number of aromatic nitrogens is 3. The molecule has 0 aliphatic carbocycles. The Bertz CT molecular complexity index is 1110. The van der Waals surface area contributed by atoms with Gasteiger partial charge in [0.25, 0.3) is 0 Å². The van der Waals surface area contributed by atoms with Crippen molar-refractivity contribution in [3.05, 3.63) is 72.3 Å². The Labute approximate surface area is 186 Å². The lowest BCUT2D eigenvalue weighted by Gasteiger charge is -2.26. The van der Waals surface area contributed by atoms with Gasteiger partial charge < -0.3 is 10.1 Å². The fourth-order valence-electron chi connectivity index (χ4n) is 3.50. The van der Waals surface area contributed by atoms with Crippen LogP contribution < -0.4 is 5.32 Å². The summed E-state index contributed by atoms with van der Waals surface area (Å²) < 4.78 is 6.66. The molecule has 2 aromatic heterocycles. The van der Waals surface area contributed by atoms with E-state index in [4.69, 9.17) is 4.74 Å². The molecule has 1 aliphatic heterocycles. The Morgan fingerprint density at radius 1 is 1.12 bits per heavy atom. The molecule has 32 heavy (non-hydrogen) atoms. The molecule has 1 saturated heterocycles. The van der Waals surface area contributed by atoms with Crippen LogP contribution in [0.2, 0.25) is 0 Å². The minimum absolute atomic E-state index is 0.169. The van der Waals surface area contributed by atoms with E-state index in [0.29, 0.717) is 0 Å². The number of carbonyl (C=O) groups excluding carboxylic acids is 2. The van der Waals surface area contributed by atoms with E-state index < -0.39 is 0 Å². The number of hydrogen-bond acceptors (Lipinski definition) is 6. The van der Waals surface area contributed by atoms with Crippen LogP contribution in [0.1, 0.15) is 22.8 Å². The maximum absolute atomic E-state index is 12.4. The zero-order valence-corrected chi connectivity index (χ0v) is 17.9. The molecule has 4 rings (SSSR count). The quantitative estimate of drug-likeness (QED) is 0.604. The van der Waals surface area contributed by atoms with Gasteiger partial charge in [-0.2, -0.15) is 5.10 Å². The number of anilines is 1. The van der Waals surface area contributed by atoms with Crippen molar-refractivity contribution in [2.45, 2.75) is 13.5 Å². The summed E-state index contributed by atoms with van der Waals surface area (Å²) in [4.78, 5) is 30.4. The van der Waals surface area contributed by atoms with Crippen molar-refractivity contribution < 1.29 is 14.3 Å². The van der Waals surface area contributed by atoms with Gasteiger partial charge in [0.15, 0.2) is 0 Å². The summed E-state index contributed by atoms with van der Waals surface area (Å²) in [5.41, 5.74) is 4.31. The van der Waals surface area contributed by atoms with Gasteiger partial charge in [-0.1, -0.05) is 12.1 Å². The molecule has 3 heterocycles. The molecule has 1 amide bonds. The molecular formula is C24H25N5O3. The van der Waals surface area contributed by atoms with Crippen molar-refractivity contribution in [3.63, 3.8) is 0 Å². The van der Waals surface area contributed by atoms with E-state index >= 15 is 0 Å². The SMILES string of the molecule is CC(=O)n1cc(-c2ccncc2/C=C/C(=O)Nc2ccc(CN3CCOCC3)cc2)cn1. The highest BCUT2D eigenvalue weighted by atomic mass is 16.5. The second-order valence-corrected chi connectivity index (χ2v) is 7.56. The molecule has 0 spiro atoms. The van der Waals surface area contributed by atoms with Crippen LogP contribution in [0.15, 0.2) is 61.2 Å². The van der Waals surface area contributed by atoms with Gasteiger partial charge in [0.05, 0.1) is 19.4 Å². The van der Waals surface area contributed by atoms with Gasteiger partial charge in [0.1, 0.15) is 0 Å². The number of carbonyl (C=O) groups is 2. The lowest BCUT2D eigenvalue weighted by Crippen LogP contribution is -2.35. The number of amides is 1. The number of hydrogen-bond donors (Lipinski definition) is 1. The van der Waals surface area contributed by atoms with Crippen LogP contribution in [-0.2, 0) is 16.1 Å². The molecule has 8 heteroatoms. The zero-order valence-electron chi connectivity index (χ0n) is 17.9. The number of nitrogens with one attached hydrogen (secondary N) is 1. The van der Waals surface area contributed by atoms with Crippen LogP contribution >= 0.6 is 0 Å². The van der Waals surface area contributed by atoms with Crippen LogP contribution in [0.25, 0.3) is 17.2 Å². The van der Waals surface area contributed by atoms with Crippen molar-refractivity contribution >= 4 is 23.6 Å². The molecule has 164 valence electrons. The summed E-state index contributed by atoms with van der Waals surface area (Å²) in [6.07, 6.45) is 9.79. The van der Waals surface area contributed by atoms with Crippen LogP contribution in [-0.4, -0.2) is 57.8 Å². The smallest absolute Gasteiger partial charge is 0.248 e. The number of nitrogens with zero attached hydrogens (tertiary/aromatic N) is 4. The van der Waals surface area contributed by atoms with E-state index in [2.05, 4.69) is 20.3 Å². The Kier molecular flexibility index (Phi) is 6.84. The van der Waals surface area contributed by atoms with Gasteiger partial charge in [0.2, 0.25) is 11.8 Å². The Balaban J connectivity index is 1.39. The molecule has 0 bridgehead atoms. The zero-order chi connectivity index (χ0) is 22.3. The minimum atomic E-state index is -0.236. The molecule has 1 aromatic carbocycles. The fraction of sp³-hybridized carbons (Fsp3) is 0.250. The summed E-state index contributed by atoms with van der Waals surface area (Å²) in [5, 5.41) is 6.94. The molecule has 0 unspecified atom stereocenters. The predicted octanol–water partition coefficient (Wildman–Crippen LogP) is 3.09. The first kappa shape index (κ1) is 21.6. The molecule has 1 N–H and O–H groups in total. The van der Waals surface area contributed by atoms with Gasteiger partial charge in [-0.25, -0.2) is 4.68 Å². The highest BCUT2D eigenvalue weighted by Crippen LogP contribution is 2.23. The highest BCUT2D eigenvalue weighted by Gasteiger charge is 2.11. The van der Waals surface area contributed by atoms with Gasteiger partial charge in [0, 0.05) is 68.0 Å². The first-order valence-corrected chi connectivity index (χ1v) is 10.5. The first-order valence-electron chi connectivity index (χ1n) is 10.5. The summed E-state index contributed by atoms with van der Waals surface area (Å²) in [6.45, 7) is 5.76. The first-order chi connectivity index (χ1) is 15.6. The molecule has 0 saturated carbocycles. The van der Waals surface area contributed by atoms with Crippen LogP contribution in [0.5, 0.6) is 0 Å². The summed E-state index contributed by atoms with van der Waals surface area (Å²) in [7, 11) is 0. The molecule has 1 aliphatic rings. The number of benzene rings is 1. The lowest BCUT2D eigenvalue weighted by atomic mass is 10.0. The van der Waals surface area contributed by atoms with Gasteiger partial charge in [-0.15, -0.1) is 0 Å². The van der Waals surface area contributed by atoms with E-state index in [-0.39, 0.29) is 11.8 Å². The summed E-state index contributed by atoms with van der Waals surface area (Å²) >= 11 is 0. The van der Waals surface area contributed by atoms with E-state index in [1.165, 1.54) is 23.2 Å². The molecule has 3 aromatic rings. The fourth-order valence-corrected chi connectivity index (χ4v) is 3.50. The molecular weight excluding hydrogens is 406 g/mol. The standard InChI is InChI=1S/C24H25N5O3/c1-18(30)29-17-21(15-26-29)23-8-9-25-14-20(23)4-7-24(31)27-22-5-2-19(3-6-22)16-28-10-12-32-13-11-28/h2-9,14-15,17H,10-13,16H2,1H3,(H,27,31)/b7-4+. The van der Waals surface area contributed by atoms with E-state index in [1.54, 1.807) is 30.9 Å². The maximum Gasteiger partial charge on any atom is 0.248 e. The molecule has 8 nitrogen and oxygen atoms in total. The van der Waals surface area contributed by atoms with Crippen molar-refractivity contribution in [2.75, 3.05) is 31.6 Å². The number of ether oxygens (including phenoxy) is 1. The third-order valence-electron chi connectivity index (χ3n) is 5.21. The van der Waals surface area contributed by atoms with Gasteiger partial charge >= 0.3 is 0 Å². The topological polar surface area (TPSA) is 89.4 Å². The second-order valence-electron chi connectivity index (χ2n) is 7.56. The molecule has 0 radical (unpaired) electrons. The van der Waals surface area contributed by atoms with Crippen LogP contribution in [0, 0.1) is 0 Å². The minimum Gasteiger partial charge on any atom is -0.379 e. The third kappa shape index (κ3) is 5.54. The number of morpholine rings is 1. The van der Waals surface area contributed by atoms with E-state index in [1.807, 2.05) is 30.3 Å². The van der Waals surface area contributed by atoms with Crippen molar-refractivity contribution in [1.29, 1.82) is 0 Å². The Morgan fingerprint density at radius 2 is 1.91 bits per heavy atom. The largest absolute Gasteiger partial charge is 0.379 e. The lowest BCUT2D eigenvalue weighted by molar-refractivity contribution is -0.111. The maximum atomic E-state index is 12.4. The van der Waals surface area contributed by atoms with Crippen molar-refractivity contribution in [2.24, 2.45) is 0 Å². The monoisotopic (exact) mass is 431 g/mol. The molecule has 1 fully saturated rings. The Hall–Kier alpha value is -3.62. The van der Waals surface area contributed by atoms with Crippen molar-refractivity contribution in [3.8, 4) is 11.1 Å². The van der Waals surface area contributed by atoms with Crippen LogP contribution in [0.4, 0.5) is 5.69 Å². The molecule has 0 atom stereocenters. The normalized spacial score (nSPS) is 14.5. The number of rotatable bonds is 6. The summed E-state index contributed by atoms with van der Waals surface area (Å²) in [6, 6.07) is 9.70. The Morgan fingerprint density at radius 3 is 2.62 bits per heavy atom. The van der Waals surface area contributed by atoms with Crippen molar-refractivity contribution in [1.82, 2.24) is 19.7 Å². The number of pyridine rings is 1. The van der Waals surface area contributed by atoms with E-state index in [0.717, 1.165) is 55.2 Å². The highest BCUT2D eigenvalue weighted by molar-refractivity contribution is 6.02. The third-order valence-corrected chi connectivity index (χ3v) is 5.21. The average Bonchev–Trinajstić information content (AvgIpc) is 3.31. The average molecular weight is 431 g/mol. The van der Waals surface area contributed by atoms with Gasteiger partial charge in [-0.05, 0) is 35.4 Å². The van der Waals surface area contributed by atoms with Crippen LogP contribution in [0.3, 0.4) is 0 Å². The van der Waals surface area contributed by atoms with Gasteiger partial charge in [-0.3, -0.25) is 19.5 Å². The van der Waals surface area contributed by atoms with E-state index in [9.17, 15) is 9.59 Å². The second kappa shape index (κ2) is 10.1. The summed E-state index contributed by atoms with van der Waals surface area (Å²) in [5.74, 6) is -0.405.